The summed E-state index contributed by atoms with van der Waals surface area (Å²) in [5.41, 5.74) is 1.68. The van der Waals surface area contributed by atoms with Crippen molar-refractivity contribution in [3.8, 4) is 5.75 Å². The van der Waals surface area contributed by atoms with E-state index >= 15 is 0 Å². The van der Waals surface area contributed by atoms with Crippen LogP contribution in [-0.2, 0) is 11.3 Å². The predicted octanol–water partition coefficient (Wildman–Crippen LogP) is 3.48. The van der Waals surface area contributed by atoms with Crippen LogP contribution in [0.4, 0.5) is 0 Å². The molecule has 20 heavy (non-hydrogen) atoms. The van der Waals surface area contributed by atoms with Gasteiger partial charge in [0.15, 0.2) is 6.10 Å². The number of hydrogen-bond acceptors (Lipinski definition) is 3. The van der Waals surface area contributed by atoms with Crippen molar-refractivity contribution < 1.29 is 14.3 Å². The third-order valence-corrected chi connectivity index (χ3v) is 2.95. The summed E-state index contributed by atoms with van der Waals surface area (Å²) in [5, 5.41) is 0. The first kappa shape index (κ1) is 14.3. The molecule has 2 aromatic carbocycles. The van der Waals surface area contributed by atoms with Crippen LogP contribution >= 0.6 is 0 Å². The van der Waals surface area contributed by atoms with E-state index in [0.29, 0.717) is 17.9 Å². The molecule has 0 fully saturated rings. The van der Waals surface area contributed by atoms with Crippen LogP contribution in [0.1, 0.15) is 22.8 Å². The Balaban J connectivity index is 2.06. The second-order valence-electron chi connectivity index (χ2n) is 4.57. The van der Waals surface area contributed by atoms with Gasteiger partial charge in [-0.2, -0.15) is 0 Å². The highest BCUT2D eigenvalue weighted by atomic mass is 16.5. The first-order chi connectivity index (χ1) is 9.70. The highest BCUT2D eigenvalue weighted by Gasteiger charge is 2.16. The van der Waals surface area contributed by atoms with E-state index in [1.165, 1.54) is 0 Å². The molecule has 1 atom stereocenters. The molecule has 3 heteroatoms. The standard InChI is InChI=1S/C17H18O3/c1-13(17(18)15-8-4-3-5-9-15)20-16-10-6-7-14(11-16)12-19-2/h3-11,13H,12H2,1-2H3. The van der Waals surface area contributed by atoms with Gasteiger partial charge >= 0.3 is 0 Å². The Hall–Kier alpha value is -2.13. The summed E-state index contributed by atoms with van der Waals surface area (Å²) >= 11 is 0. The van der Waals surface area contributed by atoms with Crippen LogP contribution in [0.2, 0.25) is 0 Å². The molecule has 0 amide bonds. The highest BCUT2D eigenvalue weighted by molar-refractivity contribution is 5.99. The number of Topliss-reactive ketones (excluding diaryl/α,β-unsaturated/α-hetero) is 1. The van der Waals surface area contributed by atoms with Gasteiger partial charge in [0.1, 0.15) is 5.75 Å². The lowest BCUT2D eigenvalue weighted by molar-refractivity contribution is 0.0817. The van der Waals surface area contributed by atoms with Gasteiger partial charge in [0.2, 0.25) is 5.78 Å². The number of ether oxygens (including phenoxy) is 2. The predicted molar refractivity (Wildman–Crippen MR) is 78.0 cm³/mol. The van der Waals surface area contributed by atoms with Crippen LogP contribution < -0.4 is 4.74 Å². The van der Waals surface area contributed by atoms with Crippen molar-refractivity contribution in [2.45, 2.75) is 19.6 Å². The van der Waals surface area contributed by atoms with Crippen molar-refractivity contribution in [1.82, 2.24) is 0 Å². The molecule has 0 heterocycles. The average molecular weight is 270 g/mol. The van der Waals surface area contributed by atoms with Gasteiger partial charge in [0.05, 0.1) is 6.61 Å². The monoisotopic (exact) mass is 270 g/mol. The number of methoxy groups -OCH3 is 1. The third kappa shape index (κ3) is 3.68. The minimum Gasteiger partial charge on any atom is -0.483 e. The summed E-state index contributed by atoms with van der Waals surface area (Å²) in [7, 11) is 1.65. The molecule has 0 saturated carbocycles. The van der Waals surface area contributed by atoms with Crippen LogP contribution in [0.15, 0.2) is 54.6 Å². The van der Waals surface area contributed by atoms with E-state index in [2.05, 4.69) is 0 Å². The topological polar surface area (TPSA) is 35.5 Å². The Kier molecular flexibility index (Phi) is 4.91. The molecule has 0 aliphatic carbocycles. The molecule has 1 unspecified atom stereocenters. The lowest BCUT2D eigenvalue weighted by Gasteiger charge is -2.14. The minimum absolute atomic E-state index is 0.0252. The number of ketones is 1. The SMILES string of the molecule is COCc1cccc(OC(C)C(=O)c2ccccc2)c1. The molecule has 0 N–H and O–H groups in total. The fourth-order valence-electron chi connectivity index (χ4n) is 1.97. The van der Waals surface area contributed by atoms with E-state index in [-0.39, 0.29) is 5.78 Å². The number of rotatable bonds is 6. The van der Waals surface area contributed by atoms with Crippen LogP contribution in [-0.4, -0.2) is 19.0 Å². The van der Waals surface area contributed by atoms with Crippen LogP contribution in [0, 0.1) is 0 Å². The summed E-state index contributed by atoms with van der Waals surface area (Å²) in [6.07, 6.45) is -0.518. The third-order valence-electron chi connectivity index (χ3n) is 2.95. The smallest absolute Gasteiger partial charge is 0.202 e. The molecule has 0 aliphatic rings. The number of carbonyl (C=O) groups excluding carboxylic acids is 1. The zero-order chi connectivity index (χ0) is 14.4. The van der Waals surface area contributed by atoms with Gasteiger partial charge in [-0.25, -0.2) is 0 Å². The Morgan fingerprint density at radius 3 is 2.55 bits per heavy atom. The normalized spacial score (nSPS) is 11.9. The summed E-state index contributed by atoms with van der Waals surface area (Å²) in [5.74, 6) is 0.652. The maximum atomic E-state index is 12.2. The molecule has 0 bridgehead atoms. The van der Waals surface area contributed by atoms with Crippen molar-refractivity contribution in [2.75, 3.05) is 7.11 Å². The number of benzene rings is 2. The van der Waals surface area contributed by atoms with Crippen molar-refractivity contribution in [3.05, 3.63) is 65.7 Å². The van der Waals surface area contributed by atoms with E-state index in [1.54, 1.807) is 26.2 Å². The number of hydrogen-bond donors (Lipinski definition) is 0. The zero-order valence-corrected chi connectivity index (χ0v) is 11.7. The fraction of sp³-hybridized carbons (Fsp3) is 0.235. The lowest BCUT2D eigenvalue weighted by atomic mass is 10.1. The van der Waals surface area contributed by atoms with Gasteiger partial charge < -0.3 is 9.47 Å². The molecular weight excluding hydrogens is 252 g/mol. The second kappa shape index (κ2) is 6.87. The second-order valence-corrected chi connectivity index (χ2v) is 4.57. The first-order valence-corrected chi connectivity index (χ1v) is 6.54. The summed E-state index contributed by atoms with van der Waals surface area (Å²) in [4.78, 5) is 12.2. The highest BCUT2D eigenvalue weighted by Crippen LogP contribution is 2.17. The Labute approximate surface area is 119 Å². The Morgan fingerprint density at radius 2 is 1.85 bits per heavy atom. The zero-order valence-electron chi connectivity index (χ0n) is 11.7. The summed E-state index contributed by atoms with van der Waals surface area (Å²) in [6.45, 7) is 2.29. The van der Waals surface area contributed by atoms with E-state index in [1.807, 2.05) is 42.5 Å². The van der Waals surface area contributed by atoms with Crippen LogP contribution in [0.5, 0.6) is 5.75 Å². The van der Waals surface area contributed by atoms with E-state index < -0.39 is 6.10 Å². The molecule has 0 aliphatic heterocycles. The molecule has 104 valence electrons. The van der Waals surface area contributed by atoms with Crippen molar-refractivity contribution >= 4 is 5.78 Å². The van der Waals surface area contributed by atoms with Gasteiger partial charge in [-0.05, 0) is 24.6 Å². The molecule has 0 saturated heterocycles. The van der Waals surface area contributed by atoms with Gasteiger partial charge in [-0.1, -0.05) is 42.5 Å². The lowest BCUT2D eigenvalue weighted by Crippen LogP contribution is -2.23. The fourth-order valence-corrected chi connectivity index (χ4v) is 1.97. The maximum Gasteiger partial charge on any atom is 0.202 e. The van der Waals surface area contributed by atoms with E-state index in [9.17, 15) is 4.79 Å². The van der Waals surface area contributed by atoms with Gasteiger partial charge in [0, 0.05) is 12.7 Å². The Bertz CT molecular complexity index is 563. The largest absolute Gasteiger partial charge is 0.483 e. The van der Waals surface area contributed by atoms with Crippen LogP contribution in [0.25, 0.3) is 0 Å². The average Bonchev–Trinajstić information content (AvgIpc) is 2.48. The van der Waals surface area contributed by atoms with E-state index in [0.717, 1.165) is 5.56 Å². The minimum atomic E-state index is -0.518. The molecule has 3 nitrogen and oxygen atoms in total. The molecule has 0 aromatic heterocycles. The van der Waals surface area contributed by atoms with Crippen molar-refractivity contribution in [1.29, 1.82) is 0 Å². The van der Waals surface area contributed by atoms with Gasteiger partial charge in [-0.3, -0.25) is 4.79 Å². The summed E-state index contributed by atoms with van der Waals surface area (Å²) < 4.78 is 10.8. The van der Waals surface area contributed by atoms with Crippen LogP contribution in [0.3, 0.4) is 0 Å². The quantitative estimate of drug-likeness (QED) is 0.754. The van der Waals surface area contributed by atoms with Crippen molar-refractivity contribution in [3.63, 3.8) is 0 Å². The van der Waals surface area contributed by atoms with Gasteiger partial charge in [0.25, 0.3) is 0 Å². The number of carbonyl (C=O) groups is 1. The molecular formula is C17H18O3. The molecule has 0 radical (unpaired) electrons. The molecule has 2 aromatic rings. The Morgan fingerprint density at radius 1 is 1.10 bits per heavy atom. The first-order valence-electron chi connectivity index (χ1n) is 6.54. The molecule has 2 rings (SSSR count). The molecule has 0 spiro atoms. The maximum absolute atomic E-state index is 12.2. The van der Waals surface area contributed by atoms with Gasteiger partial charge in [-0.15, -0.1) is 0 Å². The van der Waals surface area contributed by atoms with Crippen molar-refractivity contribution in [2.24, 2.45) is 0 Å². The summed E-state index contributed by atoms with van der Waals surface area (Å²) in [6, 6.07) is 16.7. The van der Waals surface area contributed by atoms with E-state index in [4.69, 9.17) is 9.47 Å².